The van der Waals surface area contributed by atoms with Crippen LogP contribution in [0.15, 0.2) is 29.3 Å². The highest BCUT2D eigenvalue weighted by atomic mass is 16.5. The minimum Gasteiger partial charge on any atom is -0.497 e. The summed E-state index contributed by atoms with van der Waals surface area (Å²) in [6, 6.07) is 7.16. The molecular weight excluding hydrogens is 394 g/mol. The zero-order valence-corrected chi connectivity index (χ0v) is 18.8. The molecule has 3 amide bonds. The summed E-state index contributed by atoms with van der Waals surface area (Å²) in [5, 5.41) is 0. The molecule has 0 N–H and O–H groups in total. The summed E-state index contributed by atoms with van der Waals surface area (Å²) in [6.07, 6.45) is 6.27. The second-order valence-electron chi connectivity index (χ2n) is 8.48. The van der Waals surface area contributed by atoms with Crippen LogP contribution in [0.25, 0.3) is 0 Å². The molecule has 0 radical (unpaired) electrons. The maximum atomic E-state index is 13.3. The van der Waals surface area contributed by atoms with Crippen LogP contribution >= 0.6 is 0 Å². The number of carbonyl (C=O) groups is 2. The summed E-state index contributed by atoms with van der Waals surface area (Å²) in [5.74, 6) is 1.46. The van der Waals surface area contributed by atoms with Crippen molar-refractivity contribution in [3.05, 3.63) is 24.3 Å². The first-order valence-electron chi connectivity index (χ1n) is 11.4. The Hall–Kier alpha value is -2.77. The number of amides is 3. The van der Waals surface area contributed by atoms with E-state index in [-0.39, 0.29) is 11.9 Å². The molecule has 3 aliphatic heterocycles. The van der Waals surface area contributed by atoms with E-state index in [0.717, 1.165) is 43.2 Å². The van der Waals surface area contributed by atoms with Gasteiger partial charge >= 0.3 is 6.03 Å². The van der Waals surface area contributed by atoms with Crippen LogP contribution in [0.4, 0.5) is 10.5 Å². The molecule has 3 heterocycles. The third-order valence-electron chi connectivity index (χ3n) is 6.50. The average molecular weight is 428 g/mol. The van der Waals surface area contributed by atoms with Gasteiger partial charge in [-0.1, -0.05) is 39.0 Å². The van der Waals surface area contributed by atoms with Crippen LogP contribution in [0.3, 0.4) is 0 Å². The molecular formula is C23H33N5O3. The molecule has 0 spiro atoms. The second-order valence-corrected chi connectivity index (χ2v) is 8.48. The Morgan fingerprint density at radius 3 is 2.45 bits per heavy atom. The summed E-state index contributed by atoms with van der Waals surface area (Å²) in [4.78, 5) is 38.3. The lowest BCUT2D eigenvalue weighted by atomic mass is 10.1. The molecule has 0 bridgehead atoms. The zero-order chi connectivity index (χ0) is 22.0. The van der Waals surface area contributed by atoms with Crippen molar-refractivity contribution in [1.29, 1.82) is 0 Å². The third kappa shape index (κ3) is 3.95. The number of hydrogen-bond donors (Lipinski definition) is 0. The summed E-state index contributed by atoms with van der Waals surface area (Å²) < 4.78 is 5.25. The van der Waals surface area contributed by atoms with Gasteiger partial charge in [0.05, 0.1) is 7.11 Å². The van der Waals surface area contributed by atoms with Gasteiger partial charge in [0.25, 0.3) is 5.91 Å². The molecule has 0 aliphatic carbocycles. The fourth-order valence-corrected chi connectivity index (χ4v) is 4.70. The van der Waals surface area contributed by atoms with Gasteiger partial charge in [-0.3, -0.25) is 9.69 Å². The largest absolute Gasteiger partial charge is 0.497 e. The van der Waals surface area contributed by atoms with Crippen molar-refractivity contribution in [3.8, 4) is 5.75 Å². The number of unbranched alkanes of at least 4 members (excludes halogenated alkanes) is 5. The number of nitrogens with zero attached hydrogens (tertiary/aromatic N) is 5. The number of fused-ring (bicyclic) bond motifs is 3. The van der Waals surface area contributed by atoms with E-state index in [2.05, 4.69) is 16.7 Å². The van der Waals surface area contributed by atoms with Gasteiger partial charge in [0, 0.05) is 32.4 Å². The molecule has 0 aromatic heterocycles. The number of anilines is 1. The van der Waals surface area contributed by atoms with Crippen LogP contribution in [-0.2, 0) is 4.79 Å². The van der Waals surface area contributed by atoms with Crippen molar-refractivity contribution < 1.29 is 14.3 Å². The number of rotatable bonds is 9. The van der Waals surface area contributed by atoms with Gasteiger partial charge in [-0.15, -0.1) is 0 Å². The smallest absolute Gasteiger partial charge is 0.328 e. The average Bonchev–Trinajstić information content (AvgIpc) is 3.36. The van der Waals surface area contributed by atoms with Gasteiger partial charge in [-0.25, -0.2) is 9.79 Å². The Labute approximate surface area is 184 Å². The SMILES string of the molecule is CCCCCCCCN1C(=O)C2C(N=C3N(c4ccc(OC)cc4)CCN32)N(C)C1=O. The molecule has 4 rings (SSSR count). The normalized spacial score (nSPS) is 22.7. The predicted octanol–water partition coefficient (Wildman–Crippen LogP) is 3.14. The second kappa shape index (κ2) is 9.16. The minimum absolute atomic E-state index is 0.114. The predicted molar refractivity (Wildman–Crippen MR) is 120 cm³/mol. The monoisotopic (exact) mass is 427 g/mol. The summed E-state index contributed by atoms with van der Waals surface area (Å²) in [6.45, 7) is 4.16. The number of guanidine groups is 1. The van der Waals surface area contributed by atoms with Crippen LogP contribution in [0.2, 0.25) is 0 Å². The van der Waals surface area contributed by atoms with Crippen molar-refractivity contribution >= 4 is 23.6 Å². The summed E-state index contributed by atoms with van der Waals surface area (Å²) in [7, 11) is 3.40. The van der Waals surface area contributed by atoms with E-state index >= 15 is 0 Å². The van der Waals surface area contributed by atoms with E-state index in [1.54, 1.807) is 19.1 Å². The fraction of sp³-hybridized carbons (Fsp3) is 0.609. The van der Waals surface area contributed by atoms with Gasteiger partial charge in [0.2, 0.25) is 5.96 Å². The number of urea groups is 1. The topological polar surface area (TPSA) is 68.7 Å². The molecule has 0 saturated carbocycles. The Morgan fingerprint density at radius 1 is 1.03 bits per heavy atom. The molecule has 3 aliphatic rings. The van der Waals surface area contributed by atoms with E-state index < -0.39 is 12.2 Å². The Bertz CT molecular complexity index is 840. The summed E-state index contributed by atoms with van der Waals surface area (Å²) in [5.41, 5.74) is 1.01. The van der Waals surface area contributed by atoms with E-state index in [0.29, 0.717) is 13.1 Å². The van der Waals surface area contributed by atoms with E-state index in [9.17, 15) is 9.59 Å². The Morgan fingerprint density at radius 2 is 1.74 bits per heavy atom. The van der Waals surface area contributed by atoms with Crippen molar-refractivity contribution in [1.82, 2.24) is 14.7 Å². The number of likely N-dealkylation sites (N-methyl/N-ethyl adjacent to an activating group) is 1. The van der Waals surface area contributed by atoms with Crippen molar-refractivity contribution in [2.24, 2.45) is 4.99 Å². The van der Waals surface area contributed by atoms with Crippen LogP contribution in [0, 0.1) is 0 Å². The molecule has 31 heavy (non-hydrogen) atoms. The molecule has 2 unspecified atom stereocenters. The zero-order valence-electron chi connectivity index (χ0n) is 18.8. The molecule has 8 nitrogen and oxygen atoms in total. The molecule has 2 saturated heterocycles. The van der Waals surface area contributed by atoms with Crippen LogP contribution < -0.4 is 9.64 Å². The Balaban J connectivity index is 1.45. The van der Waals surface area contributed by atoms with E-state index in [4.69, 9.17) is 9.73 Å². The summed E-state index contributed by atoms with van der Waals surface area (Å²) >= 11 is 0. The van der Waals surface area contributed by atoms with Crippen molar-refractivity contribution in [2.75, 3.05) is 38.7 Å². The number of aliphatic imine (C=N–C) groups is 1. The van der Waals surface area contributed by atoms with Crippen molar-refractivity contribution in [3.63, 3.8) is 0 Å². The van der Waals surface area contributed by atoms with E-state index in [1.165, 1.54) is 24.2 Å². The van der Waals surface area contributed by atoms with Gasteiger partial charge < -0.3 is 19.4 Å². The molecule has 8 heteroatoms. The molecule has 2 fully saturated rings. The number of methoxy groups -OCH3 is 1. The molecule has 1 aromatic carbocycles. The molecule has 1 aromatic rings. The molecule has 2 atom stereocenters. The minimum atomic E-state index is -0.461. The first-order valence-corrected chi connectivity index (χ1v) is 11.4. The van der Waals surface area contributed by atoms with Crippen LogP contribution in [-0.4, -0.2) is 78.6 Å². The highest BCUT2D eigenvalue weighted by molar-refractivity contribution is 6.07. The number of benzene rings is 1. The van der Waals surface area contributed by atoms with E-state index in [1.807, 2.05) is 24.3 Å². The number of imide groups is 1. The lowest BCUT2D eigenvalue weighted by Gasteiger charge is -2.40. The molecule has 168 valence electrons. The maximum absolute atomic E-state index is 13.3. The van der Waals surface area contributed by atoms with Gasteiger partial charge in [-0.05, 0) is 30.7 Å². The van der Waals surface area contributed by atoms with Gasteiger partial charge in [0.15, 0.2) is 12.2 Å². The number of ether oxygens (including phenoxy) is 1. The first-order chi connectivity index (χ1) is 15.1. The van der Waals surface area contributed by atoms with Crippen LogP contribution in [0.5, 0.6) is 5.75 Å². The van der Waals surface area contributed by atoms with Crippen molar-refractivity contribution in [2.45, 2.75) is 57.7 Å². The standard InChI is InChI=1S/C23H33N5O3/c1-4-5-6-7-8-9-14-28-21(29)19-20(25(2)23(28)30)24-22-26(15-16-27(19)22)17-10-12-18(31-3)13-11-17/h10-13,19-20H,4-9,14-16H2,1-3H3. The highest BCUT2D eigenvalue weighted by Crippen LogP contribution is 2.33. The quantitative estimate of drug-likeness (QED) is 0.567. The Kier molecular flexibility index (Phi) is 6.34. The lowest BCUT2D eigenvalue weighted by molar-refractivity contribution is -0.137. The van der Waals surface area contributed by atoms with Gasteiger partial charge in [-0.2, -0.15) is 0 Å². The highest BCUT2D eigenvalue weighted by Gasteiger charge is 2.54. The first kappa shape index (κ1) is 21.5. The number of hydrogen-bond acceptors (Lipinski definition) is 6. The third-order valence-corrected chi connectivity index (χ3v) is 6.50. The maximum Gasteiger partial charge on any atom is 0.328 e. The fourth-order valence-electron chi connectivity index (χ4n) is 4.70. The van der Waals surface area contributed by atoms with Crippen LogP contribution in [0.1, 0.15) is 45.4 Å². The lowest BCUT2D eigenvalue weighted by Crippen LogP contribution is -2.64. The number of carbonyl (C=O) groups excluding carboxylic acids is 2. The van der Waals surface area contributed by atoms with Gasteiger partial charge in [0.1, 0.15) is 5.75 Å².